The van der Waals surface area contributed by atoms with Crippen LogP contribution in [0.1, 0.15) is 12.8 Å². The summed E-state index contributed by atoms with van der Waals surface area (Å²) in [5.41, 5.74) is 8.10. The first-order valence-corrected chi connectivity index (χ1v) is 6.91. The highest BCUT2D eigenvalue weighted by molar-refractivity contribution is 5.98. The summed E-state index contributed by atoms with van der Waals surface area (Å²) < 4.78 is 38.2. The molecular weight excluding hydrogens is 279 g/mol. The van der Waals surface area contributed by atoms with Crippen LogP contribution in [0.5, 0.6) is 0 Å². The first-order chi connectivity index (χ1) is 9.97. The maximum absolute atomic E-state index is 12.7. The minimum Gasteiger partial charge on any atom is -0.397 e. The van der Waals surface area contributed by atoms with Crippen molar-refractivity contribution < 1.29 is 13.2 Å². The predicted molar refractivity (Wildman–Crippen MR) is 77.1 cm³/mol. The fourth-order valence-corrected chi connectivity index (χ4v) is 2.90. The molecule has 2 heterocycles. The summed E-state index contributed by atoms with van der Waals surface area (Å²) in [5.74, 6) is -1.19. The summed E-state index contributed by atoms with van der Waals surface area (Å²) >= 11 is 0. The number of alkyl halides is 3. The van der Waals surface area contributed by atoms with Crippen LogP contribution in [-0.4, -0.2) is 24.2 Å². The molecule has 2 N–H and O–H groups in total. The number of fused-ring (bicyclic) bond motifs is 1. The number of pyridine rings is 1. The number of hydrogen-bond acceptors (Lipinski definition) is 3. The van der Waals surface area contributed by atoms with Crippen molar-refractivity contribution in [2.24, 2.45) is 5.92 Å². The Bertz CT molecular complexity index is 646. The van der Waals surface area contributed by atoms with Gasteiger partial charge in [-0.05, 0) is 37.1 Å². The molecule has 0 aliphatic carbocycles. The van der Waals surface area contributed by atoms with Gasteiger partial charge in [-0.1, -0.05) is 0 Å². The van der Waals surface area contributed by atoms with Crippen molar-refractivity contribution in [3.63, 3.8) is 0 Å². The zero-order valence-corrected chi connectivity index (χ0v) is 11.4. The SMILES string of the molecule is Nc1ccc(N2CCC(C(F)(F)F)CC2)c2cccnc12. The number of nitrogen functional groups attached to an aromatic ring is 1. The third kappa shape index (κ3) is 2.62. The molecule has 3 rings (SSSR count). The van der Waals surface area contributed by atoms with E-state index in [1.54, 1.807) is 12.3 Å². The number of nitrogens with zero attached hydrogens (tertiary/aromatic N) is 2. The monoisotopic (exact) mass is 295 g/mol. The average molecular weight is 295 g/mol. The van der Waals surface area contributed by atoms with Gasteiger partial charge in [-0.25, -0.2) is 0 Å². The molecule has 3 nitrogen and oxygen atoms in total. The van der Waals surface area contributed by atoms with Crippen molar-refractivity contribution in [1.82, 2.24) is 4.98 Å². The minimum absolute atomic E-state index is 0.135. The van der Waals surface area contributed by atoms with Crippen LogP contribution in [0.2, 0.25) is 0 Å². The lowest BCUT2D eigenvalue weighted by molar-refractivity contribution is -0.179. The number of hydrogen-bond donors (Lipinski definition) is 1. The molecule has 21 heavy (non-hydrogen) atoms. The molecular formula is C15H16F3N3. The van der Waals surface area contributed by atoms with E-state index >= 15 is 0 Å². The molecule has 1 aliphatic heterocycles. The van der Waals surface area contributed by atoms with E-state index in [-0.39, 0.29) is 12.8 Å². The molecule has 0 saturated carbocycles. The second-order valence-corrected chi connectivity index (χ2v) is 5.38. The lowest BCUT2D eigenvalue weighted by atomic mass is 9.95. The smallest absolute Gasteiger partial charge is 0.391 e. The van der Waals surface area contributed by atoms with Crippen molar-refractivity contribution in [3.8, 4) is 0 Å². The fraction of sp³-hybridized carbons (Fsp3) is 0.400. The van der Waals surface area contributed by atoms with E-state index in [0.717, 1.165) is 11.1 Å². The van der Waals surface area contributed by atoms with E-state index in [4.69, 9.17) is 5.73 Å². The van der Waals surface area contributed by atoms with Gasteiger partial charge in [-0.2, -0.15) is 13.2 Å². The quantitative estimate of drug-likeness (QED) is 0.817. The van der Waals surface area contributed by atoms with Gasteiger partial charge in [0, 0.05) is 30.4 Å². The van der Waals surface area contributed by atoms with Gasteiger partial charge in [-0.3, -0.25) is 4.98 Å². The van der Waals surface area contributed by atoms with Crippen LogP contribution in [0.15, 0.2) is 30.5 Å². The van der Waals surface area contributed by atoms with E-state index < -0.39 is 12.1 Å². The largest absolute Gasteiger partial charge is 0.397 e. The summed E-state index contributed by atoms with van der Waals surface area (Å²) in [5, 5.41) is 0.892. The molecule has 0 spiro atoms. The molecule has 2 aromatic rings. The highest BCUT2D eigenvalue weighted by Gasteiger charge is 2.41. The molecule has 0 atom stereocenters. The summed E-state index contributed by atoms with van der Waals surface area (Å²) in [6.45, 7) is 0.802. The van der Waals surface area contributed by atoms with Gasteiger partial charge in [0.05, 0.1) is 17.1 Å². The second-order valence-electron chi connectivity index (χ2n) is 5.38. The van der Waals surface area contributed by atoms with Crippen molar-refractivity contribution in [1.29, 1.82) is 0 Å². The maximum atomic E-state index is 12.7. The van der Waals surface area contributed by atoms with Gasteiger partial charge >= 0.3 is 6.18 Å². The Hall–Kier alpha value is -1.98. The minimum atomic E-state index is -4.09. The summed E-state index contributed by atoms with van der Waals surface area (Å²) in [7, 11) is 0. The molecule has 0 amide bonds. The molecule has 0 unspecified atom stereocenters. The fourth-order valence-electron chi connectivity index (χ4n) is 2.90. The normalized spacial score (nSPS) is 17.4. The first kappa shape index (κ1) is 14.0. The Balaban J connectivity index is 1.88. The number of nitrogens with two attached hydrogens (primary N) is 1. The number of halogens is 3. The first-order valence-electron chi connectivity index (χ1n) is 6.91. The Morgan fingerprint density at radius 3 is 2.52 bits per heavy atom. The number of rotatable bonds is 1. The molecule has 0 bridgehead atoms. The molecule has 1 aliphatic rings. The van der Waals surface area contributed by atoms with E-state index in [2.05, 4.69) is 4.98 Å². The van der Waals surface area contributed by atoms with E-state index in [1.165, 1.54) is 0 Å². The number of anilines is 2. The van der Waals surface area contributed by atoms with Crippen molar-refractivity contribution in [2.75, 3.05) is 23.7 Å². The third-order valence-electron chi connectivity index (χ3n) is 4.08. The molecule has 112 valence electrons. The topological polar surface area (TPSA) is 42.1 Å². The van der Waals surface area contributed by atoms with E-state index in [1.807, 2.05) is 23.1 Å². The van der Waals surface area contributed by atoms with Crippen LogP contribution < -0.4 is 10.6 Å². The van der Waals surface area contributed by atoms with Crippen molar-refractivity contribution in [3.05, 3.63) is 30.5 Å². The van der Waals surface area contributed by atoms with Gasteiger partial charge < -0.3 is 10.6 Å². The molecule has 1 aromatic carbocycles. The van der Waals surface area contributed by atoms with Crippen LogP contribution in [-0.2, 0) is 0 Å². The summed E-state index contributed by atoms with van der Waals surface area (Å²) in [6, 6.07) is 7.35. The lowest BCUT2D eigenvalue weighted by Crippen LogP contribution is -2.39. The van der Waals surface area contributed by atoms with Crippen LogP contribution >= 0.6 is 0 Å². The second kappa shape index (κ2) is 5.09. The zero-order chi connectivity index (χ0) is 15.0. The summed E-state index contributed by atoms with van der Waals surface area (Å²) in [6.07, 6.45) is -2.15. The van der Waals surface area contributed by atoms with Crippen molar-refractivity contribution in [2.45, 2.75) is 19.0 Å². The molecule has 1 aromatic heterocycles. The Labute approximate surface area is 120 Å². The Morgan fingerprint density at radius 1 is 1.14 bits per heavy atom. The van der Waals surface area contributed by atoms with Crippen LogP contribution in [0, 0.1) is 5.92 Å². The standard InChI is InChI=1S/C15H16F3N3/c16-15(17,18)10-5-8-21(9-6-10)13-4-3-12(19)14-11(13)2-1-7-20-14/h1-4,7,10H,5-6,8-9,19H2. The van der Waals surface area contributed by atoms with Crippen LogP contribution in [0.4, 0.5) is 24.5 Å². The maximum Gasteiger partial charge on any atom is 0.391 e. The van der Waals surface area contributed by atoms with Crippen molar-refractivity contribution >= 4 is 22.3 Å². The predicted octanol–water partition coefficient (Wildman–Crippen LogP) is 3.60. The third-order valence-corrected chi connectivity index (χ3v) is 4.08. The molecule has 6 heteroatoms. The Kier molecular flexibility index (Phi) is 3.39. The lowest BCUT2D eigenvalue weighted by Gasteiger charge is -2.35. The van der Waals surface area contributed by atoms with E-state index in [9.17, 15) is 13.2 Å². The molecule has 0 radical (unpaired) electrons. The number of piperidine rings is 1. The van der Waals surface area contributed by atoms with E-state index in [0.29, 0.717) is 24.3 Å². The number of aromatic nitrogens is 1. The van der Waals surface area contributed by atoms with Gasteiger partial charge in [0.25, 0.3) is 0 Å². The number of benzene rings is 1. The van der Waals surface area contributed by atoms with Gasteiger partial charge in [0.1, 0.15) is 0 Å². The van der Waals surface area contributed by atoms with Crippen LogP contribution in [0.25, 0.3) is 10.9 Å². The highest BCUT2D eigenvalue weighted by atomic mass is 19.4. The zero-order valence-electron chi connectivity index (χ0n) is 11.4. The Morgan fingerprint density at radius 2 is 1.86 bits per heavy atom. The molecule has 1 fully saturated rings. The van der Waals surface area contributed by atoms with Gasteiger partial charge in [0.15, 0.2) is 0 Å². The summed E-state index contributed by atoms with van der Waals surface area (Å²) in [4.78, 5) is 6.25. The van der Waals surface area contributed by atoms with Gasteiger partial charge in [0.2, 0.25) is 0 Å². The van der Waals surface area contributed by atoms with Crippen LogP contribution in [0.3, 0.4) is 0 Å². The van der Waals surface area contributed by atoms with Gasteiger partial charge in [-0.15, -0.1) is 0 Å². The highest BCUT2D eigenvalue weighted by Crippen LogP contribution is 2.37. The molecule has 1 saturated heterocycles. The average Bonchev–Trinajstić information content (AvgIpc) is 2.47.